The molecule has 0 aromatic heterocycles. The van der Waals surface area contributed by atoms with Crippen molar-refractivity contribution in [2.24, 2.45) is 0 Å². The van der Waals surface area contributed by atoms with Gasteiger partial charge in [0.05, 0.1) is 17.1 Å². The van der Waals surface area contributed by atoms with Crippen LogP contribution in [-0.4, -0.2) is 21.0 Å². The third kappa shape index (κ3) is 4.08. The van der Waals surface area contributed by atoms with Crippen molar-refractivity contribution in [1.29, 1.82) is 0 Å². The smallest absolute Gasteiger partial charge is 0.338 e. The lowest BCUT2D eigenvalue weighted by atomic mass is 10.2. The van der Waals surface area contributed by atoms with Crippen LogP contribution >= 0.6 is 15.9 Å². The average molecular weight is 384 g/mol. The van der Waals surface area contributed by atoms with Gasteiger partial charge in [-0.3, -0.25) is 4.72 Å². The van der Waals surface area contributed by atoms with Crippen molar-refractivity contribution in [3.8, 4) is 0 Å². The molecule has 0 aliphatic rings. The second-order valence-electron chi connectivity index (χ2n) is 4.36. The SMILES string of the molecule is CCOC(=O)c1ccc(S(=O)(=O)Nc2cccc(Br)c2)cc1. The molecule has 0 saturated carbocycles. The summed E-state index contributed by atoms with van der Waals surface area (Å²) in [5, 5.41) is 0. The van der Waals surface area contributed by atoms with Crippen LogP contribution in [0.15, 0.2) is 57.9 Å². The molecule has 0 saturated heterocycles. The summed E-state index contributed by atoms with van der Waals surface area (Å²) in [7, 11) is -3.71. The van der Waals surface area contributed by atoms with E-state index in [2.05, 4.69) is 20.7 Å². The van der Waals surface area contributed by atoms with Gasteiger partial charge < -0.3 is 4.74 Å². The molecule has 116 valence electrons. The number of hydrogen-bond donors (Lipinski definition) is 1. The lowest BCUT2D eigenvalue weighted by molar-refractivity contribution is 0.0526. The van der Waals surface area contributed by atoms with Gasteiger partial charge in [-0.2, -0.15) is 0 Å². The first-order chi connectivity index (χ1) is 10.4. The van der Waals surface area contributed by atoms with Gasteiger partial charge >= 0.3 is 5.97 Å². The molecule has 0 spiro atoms. The average Bonchev–Trinajstić information content (AvgIpc) is 2.47. The highest BCUT2D eigenvalue weighted by molar-refractivity contribution is 9.10. The quantitative estimate of drug-likeness (QED) is 0.802. The summed E-state index contributed by atoms with van der Waals surface area (Å²) < 4.78 is 32.7. The van der Waals surface area contributed by atoms with Gasteiger partial charge in [0, 0.05) is 10.2 Å². The predicted molar refractivity (Wildman–Crippen MR) is 87.3 cm³/mol. The topological polar surface area (TPSA) is 72.5 Å². The van der Waals surface area contributed by atoms with Gasteiger partial charge in [0.15, 0.2) is 0 Å². The standard InChI is InChI=1S/C15H14BrNO4S/c1-2-21-15(18)11-6-8-14(9-7-11)22(19,20)17-13-5-3-4-12(16)10-13/h3-10,17H,2H2,1H3. The molecule has 0 atom stereocenters. The summed E-state index contributed by atoms with van der Waals surface area (Å²) in [6.45, 7) is 1.97. The van der Waals surface area contributed by atoms with Crippen molar-refractivity contribution in [1.82, 2.24) is 0 Å². The number of hydrogen-bond acceptors (Lipinski definition) is 4. The van der Waals surface area contributed by atoms with E-state index in [0.29, 0.717) is 11.3 Å². The number of halogens is 1. The minimum Gasteiger partial charge on any atom is -0.462 e. The van der Waals surface area contributed by atoms with Crippen molar-refractivity contribution < 1.29 is 17.9 Å². The Kier molecular flexibility index (Phi) is 5.20. The van der Waals surface area contributed by atoms with Crippen molar-refractivity contribution in [2.75, 3.05) is 11.3 Å². The van der Waals surface area contributed by atoms with Crippen LogP contribution in [0.1, 0.15) is 17.3 Å². The van der Waals surface area contributed by atoms with Gasteiger partial charge in [-0.25, -0.2) is 13.2 Å². The van der Waals surface area contributed by atoms with Crippen LogP contribution in [0.4, 0.5) is 5.69 Å². The maximum absolute atomic E-state index is 12.3. The molecule has 0 aliphatic carbocycles. The van der Waals surface area contributed by atoms with E-state index in [0.717, 1.165) is 4.47 Å². The van der Waals surface area contributed by atoms with Gasteiger partial charge in [-0.15, -0.1) is 0 Å². The number of carbonyl (C=O) groups is 1. The molecular formula is C15H14BrNO4S. The Labute approximate surface area is 137 Å². The molecule has 7 heteroatoms. The van der Waals surface area contributed by atoms with E-state index in [4.69, 9.17) is 4.74 Å². The van der Waals surface area contributed by atoms with Crippen LogP contribution in [0.3, 0.4) is 0 Å². The number of rotatable bonds is 5. The highest BCUT2D eigenvalue weighted by Gasteiger charge is 2.15. The zero-order chi connectivity index (χ0) is 16.2. The number of esters is 1. The van der Waals surface area contributed by atoms with E-state index >= 15 is 0 Å². The maximum atomic E-state index is 12.3. The summed E-state index contributed by atoms with van der Waals surface area (Å²) in [6, 6.07) is 12.4. The van der Waals surface area contributed by atoms with Crippen molar-refractivity contribution in [2.45, 2.75) is 11.8 Å². The van der Waals surface area contributed by atoms with Crippen LogP contribution in [0.5, 0.6) is 0 Å². The minimum atomic E-state index is -3.71. The Hall–Kier alpha value is -1.86. The Bertz CT molecular complexity index is 772. The predicted octanol–water partition coefficient (Wildman–Crippen LogP) is 3.43. The summed E-state index contributed by atoms with van der Waals surface area (Å²) >= 11 is 3.28. The molecule has 22 heavy (non-hydrogen) atoms. The highest BCUT2D eigenvalue weighted by atomic mass is 79.9. The molecule has 0 bridgehead atoms. The lowest BCUT2D eigenvalue weighted by Crippen LogP contribution is -2.13. The van der Waals surface area contributed by atoms with Gasteiger partial charge in [0.1, 0.15) is 0 Å². The summed E-state index contributed by atoms with van der Waals surface area (Å²) in [6.07, 6.45) is 0. The molecule has 2 rings (SSSR count). The zero-order valence-electron chi connectivity index (χ0n) is 11.7. The molecule has 2 aromatic rings. The zero-order valence-corrected chi connectivity index (χ0v) is 14.1. The Morgan fingerprint density at radius 2 is 1.86 bits per heavy atom. The van der Waals surface area contributed by atoms with Gasteiger partial charge in [-0.05, 0) is 49.4 Å². The molecule has 0 unspecified atom stereocenters. The van der Waals surface area contributed by atoms with E-state index < -0.39 is 16.0 Å². The van der Waals surface area contributed by atoms with Crippen molar-refractivity contribution in [3.05, 3.63) is 58.6 Å². The Morgan fingerprint density at radius 3 is 2.45 bits per heavy atom. The molecule has 0 radical (unpaired) electrons. The Balaban J connectivity index is 2.21. The van der Waals surface area contributed by atoms with Crippen LogP contribution < -0.4 is 4.72 Å². The van der Waals surface area contributed by atoms with Crippen LogP contribution in [0, 0.1) is 0 Å². The summed E-state index contributed by atoms with van der Waals surface area (Å²) in [5.41, 5.74) is 0.757. The first-order valence-corrected chi connectivity index (χ1v) is 8.75. The lowest BCUT2D eigenvalue weighted by Gasteiger charge is -2.09. The molecule has 5 nitrogen and oxygen atoms in total. The fourth-order valence-electron chi connectivity index (χ4n) is 1.75. The van der Waals surface area contributed by atoms with Crippen molar-refractivity contribution >= 4 is 37.6 Å². The minimum absolute atomic E-state index is 0.0699. The largest absolute Gasteiger partial charge is 0.462 e. The molecule has 0 aliphatic heterocycles. The number of ether oxygens (including phenoxy) is 1. The van der Waals surface area contributed by atoms with Crippen molar-refractivity contribution in [3.63, 3.8) is 0 Å². The first-order valence-electron chi connectivity index (χ1n) is 6.48. The molecule has 2 aromatic carbocycles. The molecule has 1 N–H and O–H groups in total. The van der Waals surface area contributed by atoms with E-state index in [1.54, 1.807) is 31.2 Å². The third-order valence-corrected chi connectivity index (χ3v) is 4.64. The number of carbonyl (C=O) groups excluding carboxylic acids is 1. The van der Waals surface area contributed by atoms with Crippen LogP contribution in [0.25, 0.3) is 0 Å². The van der Waals surface area contributed by atoms with E-state index in [9.17, 15) is 13.2 Å². The van der Waals surface area contributed by atoms with E-state index in [1.807, 2.05) is 0 Å². The molecular weight excluding hydrogens is 370 g/mol. The van der Waals surface area contributed by atoms with Gasteiger partial charge in [0.25, 0.3) is 10.0 Å². The number of sulfonamides is 1. The maximum Gasteiger partial charge on any atom is 0.338 e. The fraction of sp³-hybridized carbons (Fsp3) is 0.133. The first kappa shape index (κ1) is 16.5. The van der Waals surface area contributed by atoms with E-state index in [-0.39, 0.29) is 11.5 Å². The number of benzene rings is 2. The normalized spacial score (nSPS) is 11.0. The van der Waals surface area contributed by atoms with Crippen LogP contribution in [0.2, 0.25) is 0 Å². The second-order valence-corrected chi connectivity index (χ2v) is 6.96. The van der Waals surface area contributed by atoms with Crippen LogP contribution in [-0.2, 0) is 14.8 Å². The Morgan fingerprint density at radius 1 is 1.18 bits per heavy atom. The van der Waals surface area contributed by atoms with E-state index in [1.165, 1.54) is 24.3 Å². The molecule has 0 amide bonds. The van der Waals surface area contributed by atoms with Gasteiger partial charge in [-0.1, -0.05) is 22.0 Å². The molecule has 0 fully saturated rings. The number of anilines is 1. The third-order valence-electron chi connectivity index (χ3n) is 2.75. The summed E-state index contributed by atoms with van der Waals surface area (Å²) in [4.78, 5) is 11.6. The number of nitrogens with one attached hydrogen (secondary N) is 1. The molecule has 0 heterocycles. The summed E-state index contributed by atoms with van der Waals surface area (Å²) in [5.74, 6) is -0.480. The highest BCUT2D eigenvalue weighted by Crippen LogP contribution is 2.20. The monoisotopic (exact) mass is 383 g/mol. The van der Waals surface area contributed by atoms with Gasteiger partial charge in [0.2, 0.25) is 0 Å². The second kappa shape index (κ2) is 6.93. The fourth-order valence-corrected chi connectivity index (χ4v) is 3.20.